The van der Waals surface area contributed by atoms with E-state index in [-0.39, 0.29) is 12.5 Å². The molecule has 1 atom stereocenters. The van der Waals surface area contributed by atoms with Gasteiger partial charge in [-0.2, -0.15) is 0 Å². The standard InChI is InChI=1S/C23H29NO6/c1-27-19-6-5-15(12-20(19)28-2)11-18-17-14-22(30-4)21(29-3)13-16(17)7-9-24(18)10-8-23(25)26/h5-6,12-14,18H,7-11H2,1-4H3,(H,25,26). The Labute approximate surface area is 177 Å². The summed E-state index contributed by atoms with van der Waals surface area (Å²) in [5, 5.41) is 9.20. The Balaban J connectivity index is 1.99. The van der Waals surface area contributed by atoms with E-state index in [2.05, 4.69) is 4.90 Å². The first kappa shape index (κ1) is 21.8. The van der Waals surface area contributed by atoms with Gasteiger partial charge in [-0.25, -0.2) is 0 Å². The Morgan fingerprint density at radius 1 is 0.967 bits per heavy atom. The number of carbonyl (C=O) groups is 1. The summed E-state index contributed by atoms with van der Waals surface area (Å²) in [4.78, 5) is 13.4. The van der Waals surface area contributed by atoms with E-state index in [0.717, 1.165) is 24.1 Å². The first-order chi connectivity index (χ1) is 14.5. The summed E-state index contributed by atoms with van der Waals surface area (Å²) < 4.78 is 21.8. The predicted molar refractivity (Wildman–Crippen MR) is 113 cm³/mol. The van der Waals surface area contributed by atoms with Crippen LogP contribution in [0, 0.1) is 0 Å². The normalized spacial score (nSPS) is 15.9. The molecular formula is C23H29NO6. The average Bonchev–Trinajstić information content (AvgIpc) is 2.77. The van der Waals surface area contributed by atoms with E-state index in [4.69, 9.17) is 18.9 Å². The van der Waals surface area contributed by atoms with Gasteiger partial charge in [-0.05, 0) is 53.8 Å². The van der Waals surface area contributed by atoms with Crippen LogP contribution >= 0.6 is 0 Å². The molecule has 1 heterocycles. The number of rotatable bonds is 9. The van der Waals surface area contributed by atoms with Crippen LogP contribution in [0.15, 0.2) is 30.3 Å². The molecule has 2 aromatic carbocycles. The van der Waals surface area contributed by atoms with Gasteiger partial charge in [0.25, 0.3) is 0 Å². The quantitative estimate of drug-likeness (QED) is 0.673. The number of hydrogen-bond donors (Lipinski definition) is 1. The fraction of sp³-hybridized carbons (Fsp3) is 0.435. The number of ether oxygens (including phenoxy) is 4. The van der Waals surface area contributed by atoms with Crippen LogP contribution in [0.1, 0.15) is 29.2 Å². The maximum atomic E-state index is 11.2. The molecule has 0 amide bonds. The van der Waals surface area contributed by atoms with Crippen molar-refractivity contribution in [1.82, 2.24) is 4.90 Å². The molecule has 7 nitrogen and oxygen atoms in total. The largest absolute Gasteiger partial charge is 0.493 e. The number of aliphatic carboxylic acids is 1. The molecule has 1 unspecified atom stereocenters. The Morgan fingerprint density at radius 2 is 1.60 bits per heavy atom. The molecular weight excluding hydrogens is 386 g/mol. The molecule has 0 fully saturated rings. The number of fused-ring (bicyclic) bond motifs is 1. The van der Waals surface area contributed by atoms with Gasteiger partial charge in [0, 0.05) is 19.1 Å². The van der Waals surface area contributed by atoms with Gasteiger partial charge in [-0.1, -0.05) is 6.07 Å². The molecule has 1 aliphatic heterocycles. The zero-order chi connectivity index (χ0) is 21.7. The highest BCUT2D eigenvalue weighted by Gasteiger charge is 2.29. The molecule has 0 saturated heterocycles. The molecule has 162 valence electrons. The summed E-state index contributed by atoms with van der Waals surface area (Å²) in [5.41, 5.74) is 3.42. The molecule has 0 spiro atoms. The average molecular weight is 415 g/mol. The van der Waals surface area contributed by atoms with Gasteiger partial charge >= 0.3 is 5.97 Å². The van der Waals surface area contributed by atoms with Crippen molar-refractivity contribution in [3.63, 3.8) is 0 Å². The number of methoxy groups -OCH3 is 4. The summed E-state index contributed by atoms with van der Waals surface area (Å²) >= 11 is 0. The monoisotopic (exact) mass is 415 g/mol. The minimum atomic E-state index is -0.794. The van der Waals surface area contributed by atoms with Gasteiger partial charge in [0.15, 0.2) is 23.0 Å². The van der Waals surface area contributed by atoms with Crippen LogP contribution in [0.4, 0.5) is 0 Å². The molecule has 2 aromatic rings. The van der Waals surface area contributed by atoms with Crippen molar-refractivity contribution in [2.75, 3.05) is 41.5 Å². The van der Waals surface area contributed by atoms with Crippen molar-refractivity contribution >= 4 is 5.97 Å². The molecule has 0 bridgehead atoms. The van der Waals surface area contributed by atoms with Crippen LogP contribution in [0.25, 0.3) is 0 Å². The molecule has 0 radical (unpaired) electrons. The Bertz CT molecular complexity index is 898. The summed E-state index contributed by atoms with van der Waals surface area (Å²) in [5.74, 6) is 1.95. The minimum Gasteiger partial charge on any atom is -0.493 e. The Hall–Kier alpha value is -2.93. The van der Waals surface area contributed by atoms with Crippen LogP contribution in [-0.2, 0) is 17.6 Å². The van der Waals surface area contributed by atoms with Gasteiger partial charge in [0.2, 0.25) is 0 Å². The third kappa shape index (κ3) is 4.62. The highest BCUT2D eigenvalue weighted by molar-refractivity contribution is 5.66. The van der Waals surface area contributed by atoms with Gasteiger partial charge in [-0.15, -0.1) is 0 Å². The van der Waals surface area contributed by atoms with Crippen molar-refractivity contribution < 1.29 is 28.8 Å². The van der Waals surface area contributed by atoms with E-state index >= 15 is 0 Å². The Kier molecular flexibility index (Phi) is 7.05. The van der Waals surface area contributed by atoms with Gasteiger partial charge in [0.05, 0.1) is 34.9 Å². The molecule has 7 heteroatoms. The van der Waals surface area contributed by atoms with Crippen LogP contribution in [0.3, 0.4) is 0 Å². The lowest BCUT2D eigenvalue weighted by molar-refractivity contribution is -0.137. The molecule has 0 saturated carbocycles. The lowest BCUT2D eigenvalue weighted by Gasteiger charge is -2.38. The lowest BCUT2D eigenvalue weighted by atomic mass is 9.88. The van der Waals surface area contributed by atoms with Gasteiger partial charge < -0.3 is 24.1 Å². The van der Waals surface area contributed by atoms with E-state index in [0.29, 0.717) is 36.0 Å². The third-order valence-corrected chi connectivity index (χ3v) is 5.60. The summed E-state index contributed by atoms with van der Waals surface area (Å²) in [6, 6.07) is 9.96. The third-order valence-electron chi connectivity index (χ3n) is 5.60. The fourth-order valence-corrected chi connectivity index (χ4v) is 4.06. The maximum Gasteiger partial charge on any atom is 0.304 e. The highest BCUT2D eigenvalue weighted by Crippen LogP contribution is 2.40. The smallest absolute Gasteiger partial charge is 0.304 e. The van der Waals surface area contributed by atoms with E-state index in [1.807, 2.05) is 30.3 Å². The summed E-state index contributed by atoms with van der Waals surface area (Å²) in [6.45, 7) is 1.27. The predicted octanol–water partition coefficient (Wildman–Crippen LogP) is 3.34. The fourth-order valence-electron chi connectivity index (χ4n) is 4.06. The zero-order valence-electron chi connectivity index (χ0n) is 17.9. The number of carboxylic acid groups (broad SMARTS) is 1. The molecule has 0 aliphatic carbocycles. The van der Waals surface area contributed by atoms with E-state index in [9.17, 15) is 9.90 Å². The molecule has 1 aliphatic rings. The molecule has 1 N–H and O–H groups in total. The molecule has 30 heavy (non-hydrogen) atoms. The van der Waals surface area contributed by atoms with Crippen molar-refractivity contribution in [3.05, 3.63) is 47.0 Å². The van der Waals surface area contributed by atoms with Crippen LogP contribution in [0.5, 0.6) is 23.0 Å². The SMILES string of the molecule is COc1ccc(CC2c3cc(OC)c(OC)cc3CCN2CCC(=O)O)cc1OC. The van der Waals surface area contributed by atoms with Crippen molar-refractivity contribution in [2.24, 2.45) is 0 Å². The molecule has 3 rings (SSSR count). The van der Waals surface area contributed by atoms with Crippen molar-refractivity contribution in [1.29, 1.82) is 0 Å². The zero-order valence-corrected chi connectivity index (χ0v) is 17.9. The van der Waals surface area contributed by atoms with Crippen LogP contribution < -0.4 is 18.9 Å². The van der Waals surface area contributed by atoms with Crippen LogP contribution in [0.2, 0.25) is 0 Å². The lowest BCUT2D eigenvalue weighted by Crippen LogP contribution is -2.38. The van der Waals surface area contributed by atoms with Crippen molar-refractivity contribution in [3.8, 4) is 23.0 Å². The second-order valence-electron chi connectivity index (χ2n) is 7.24. The number of carboxylic acids is 1. The first-order valence-electron chi connectivity index (χ1n) is 9.92. The van der Waals surface area contributed by atoms with E-state index in [1.54, 1.807) is 28.4 Å². The maximum absolute atomic E-state index is 11.2. The van der Waals surface area contributed by atoms with Crippen molar-refractivity contribution in [2.45, 2.75) is 25.3 Å². The van der Waals surface area contributed by atoms with Gasteiger partial charge in [0.1, 0.15) is 0 Å². The first-order valence-corrected chi connectivity index (χ1v) is 9.92. The highest BCUT2D eigenvalue weighted by atomic mass is 16.5. The number of hydrogen-bond acceptors (Lipinski definition) is 6. The summed E-state index contributed by atoms with van der Waals surface area (Å²) in [6.07, 6.45) is 1.64. The topological polar surface area (TPSA) is 77.5 Å². The Morgan fingerprint density at radius 3 is 2.23 bits per heavy atom. The number of benzene rings is 2. The number of nitrogens with zero attached hydrogens (tertiary/aromatic N) is 1. The van der Waals surface area contributed by atoms with Crippen LogP contribution in [-0.4, -0.2) is 57.5 Å². The summed E-state index contributed by atoms with van der Waals surface area (Å²) in [7, 11) is 6.49. The second kappa shape index (κ2) is 9.71. The second-order valence-corrected chi connectivity index (χ2v) is 7.24. The van der Waals surface area contributed by atoms with E-state index < -0.39 is 5.97 Å². The van der Waals surface area contributed by atoms with E-state index in [1.165, 1.54) is 5.56 Å². The minimum absolute atomic E-state index is 0.0195. The molecule has 0 aromatic heterocycles. The van der Waals surface area contributed by atoms with Gasteiger partial charge in [-0.3, -0.25) is 9.69 Å².